The van der Waals surface area contributed by atoms with E-state index in [0.29, 0.717) is 0 Å². The summed E-state index contributed by atoms with van der Waals surface area (Å²) in [7, 11) is 0. The van der Waals surface area contributed by atoms with Crippen LogP contribution in [0.2, 0.25) is 0 Å². The highest BCUT2D eigenvalue weighted by Gasteiger charge is 2.17. The van der Waals surface area contributed by atoms with E-state index in [1.165, 1.54) is 0 Å². The second kappa shape index (κ2) is 12.2. The predicted molar refractivity (Wildman–Crippen MR) is 202 cm³/mol. The van der Waals surface area contributed by atoms with Crippen molar-refractivity contribution in [1.82, 2.24) is 9.97 Å². The molecule has 3 heterocycles. The lowest BCUT2D eigenvalue weighted by Gasteiger charge is -2.13. The Bertz CT molecular complexity index is 2450. The molecule has 3 aromatic heterocycles. The Kier molecular flexibility index (Phi) is 7.14. The summed E-state index contributed by atoms with van der Waals surface area (Å²) < 4.78 is 6.83. The van der Waals surface area contributed by atoms with Crippen LogP contribution in [0.15, 0.2) is 187 Å². The van der Waals surface area contributed by atoms with Gasteiger partial charge in [0.15, 0.2) is 0 Å². The van der Waals surface area contributed by atoms with E-state index >= 15 is 0 Å². The Morgan fingerprint density at radius 3 is 1.14 bits per heavy atom. The van der Waals surface area contributed by atoms with Gasteiger partial charge >= 0.3 is 0 Å². The van der Waals surface area contributed by atoms with Gasteiger partial charge in [0, 0.05) is 46.7 Å². The summed E-state index contributed by atoms with van der Waals surface area (Å²) in [4.78, 5) is 8.36. The van der Waals surface area contributed by atoms with Crippen LogP contribution in [0.5, 0.6) is 0 Å². The van der Waals surface area contributed by atoms with Gasteiger partial charge in [0.1, 0.15) is 11.2 Å². The predicted octanol–water partition coefficient (Wildman–Crippen LogP) is 12.4. The van der Waals surface area contributed by atoms with Crippen molar-refractivity contribution in [3.63, 3.8) is 0 Å². The fourth-order valence-corrected chi connectivity index (χ4v) is 6.81. The molecule has 3 heteroatoms. The average Bonchev–Trinajstić information content (AvgIpc) is 3.58. The number of hydrogen-bond donors (Lipinski definition) is 0. The molecule has 0 N–H and O–H groups in total. The normalized spacial score (nSPS) is 11.3. The molecule has 0 radical (unpaired) electrons. The molecule has 0 saturated carbocycles. The number of pyridine rings is 2. The van der Waals surface area contributed by atoms with Gasteiger partial charge in [-0.2, -0.15) is 0 Å². The standard InChI is InChI=1S/C46H30N2O/c1-2-6-37(7-3-1)41-8-4-10-43-44-11-5-9-42(46(44)49-45(41)43)40-29-38(33-16-12-31(13-17-33)35-20-24-47-25-21-35)28-39(30-40)34-18-14-32(15-19-34)36-22-26-48-27-23-36/h1-30H. The molecular formula is C46H30N2O. The van der Waals surface area contributed by atoms with Crippen molar-refractivity contribution in [3.8, 4) is 66.8 Å². The summed E-state index contributed by atoms with van der Waals surface area (Å²) >= 11 is 0. The minimum Gasteiger partial charge on any atom is -0.455 e. The fraction of sp³-hybridized carbons (Fsp3) is 0. The zero-order chi connectivity index (χ0) is 32.6. The van der Waals surface area contributed by atoms with Gasteiger partial charge < -0.3 is 4.42 Å². The Hall–Kier alpha value is -6.58. The van der Waals surface area contributed by atoms with Gasteiger partial charge in [-0.3, -0.25) is 9.97 Å². The maximum Gasteiger partial charge on any atom is 0.143 e. The molecule has 0 aliphatic rings. The van der Waals surface area contributed by atoms with Gasteiger partial charge in [-0.15, -0.1) is 0 Å². The van der Waals surface area contributed by atoms with Crippen LogP contribution < -0.4 is 0 Å². The molecule has 6 aromatic carbocycles. The second-order valence-corrected chi connectivity index (χ2v) is 12.3. The van der Waals surface area contributed by atoms with Gasteiger partial charge in [-0.25, -0.2) is 0 Å². The topological polar surface area (TPSA) is 38.9 Å². The van der Waals surface area contributed by atoms with Gasteiger partial charge in [0.05, 0.1) is 0 Å². The highest BCUT2D eigenvalue weighted by molar-refractivity contribution is 6.13. The monoisotopic (exact) mass is 626 g/mol. The van der Waals surface area contributed by atoms with E-state index in [9.17, 15) is 0 Å². The van der Waals surface area contributed by atoms with E-state index in [-0.39, 0.29) is 0 Å². The fourth-order valence-electron chi connectivity index (χ4n) is 6.81. The molecule has 49 heavy (non-hydrogen) atoms. The number of aromatic nitrogens is 2. The van der Waals surface area contributed by atoms with E-state index in [0.717, 1.165) is 88.7 Å². The molecule has 0 aliphatic carbocycles. The third-order valence-electron chi connectivity index (χ3n) is 9.32. The number of hydrogen-bond acceptors (Lipinski definition) is 3. The Balaban J connectivity index is 1.21. The largest absolute Gasteiger partial charge is 0.455 e. The van der Waals surface area contributed by atoms with Crippen molar-refractivity contribution in [2.75, 3.05) is 0 Å². The van der Waals surface area contributed by atoms with Crippen molar-refractivity contribution in [3.05, 3.63) is 183 Å². The van der Waals surface area contributed by atoms with Gasteiger partial charge in [-0.1, -0.05) is 115 Å². The highest BCUT2D eigenvalue weighted by atomic mass is 16.3. The summed E-state index contributed by atoms with van der Waals surface area (Å²) in [6, 6.07) is 56.0. The minimum atomic E-state index is 0.894. The number of rotatable bonds is 6. The molecule has 0 bridgehead atoms. The summed E-state index contributed by atoms with van der Waals surface area (Å²) in [6.45, 7) is 0. The van der Waals surface area contributed by atoms with Gasteiger partial charge in [-0.05, 0) is 98.1 Å². The molecule has 0 aliphatic heterocycles. The summed E-state index contributed by atoms with van der Waals surface area (Å²) in [6.07, 6.45) is 7.33. The Morgan fingerprint density at radius 1 is 0.286 bits per heavy atom. The van der Waals surface area contributed by atoms with E-state index in [1.54, 1.807) is 0 Å². The molecule has 0 amide bonds. The molecule has 0 atom stereocenters. The molecule has 9 aromatic rings. The lowest BCUT2D eigenvalue weighted by molar-refractivity contribution is 0.671. The molecule has 3 nitrogen and oxygen atoms in total. The first-order valence-electron chi connectivity index (χ1n) is 16.5. The minimum absolute atomic E-state index is 0.894. The van der Waals surface area contributed by atoms with E-state index in [1.807, 2.05) is 55.1 Å². The molecule has 0 saturated heterocycles. The lowest BCUT2D eigenvalue weighted by Crippen LogP contribution is -1.88. The van der Waals surface area contributed by atoms with Crippen molar-refractivity contribution >= 4 is 21.9 Å². The first kappa shape index (κ1) is 28.6. The quantitative estimate of drug-likeness (QED) is 0.184. The van der Waals surface area contributed by atoms with Crippen LogP contribution in [-0.4, -0.2) is 9.97 Å². The van der Waals surface area contributed by atoms with Crippen LogP contribution in [0.3, 0.4) is 0 Å². The molecule has 0 spiro atoms. The van der Waals surface area contributed by atoms with Crippen LogP contribution in [0.4, 0.5) is 0 Å². The third-order valence-corrected chi connectivity index (χ3v) is 9.32. The molecular weight excluding hydrogens is 597 g/mol. The first-order valence-corrected chi connectivity index (χ1v) is 16.5. The van der Waals surface area contributed by atoms with Crippen molar-refractivity contribution < 1.29 is 4.42 Å². The highest BCUT2D eigenvalue weighted by Crippen LogP contribution is 2.42. The van der Waals surface area contributed by atoms with E-state index < -0.39 is 0 Å². The zero-order valence-corrected chi connectivity index (χ0v) is 26.6. The molecule has 230 valence electrons. The van der Waals surface area contributed by atoms with E-state index in [2.05, 4.69) is 137 Å². The summed E-state index contributed by atoms with van der Waals surface area (Å²) in [5.74, 6) is 0. The number of furan rings is 1. The summed E-state index contributed by atoms with van der Waals surface area (Å²) in [5, 5.41) is 2.23. The number of para-hydroxylation sites is 2. The van der Waals surface area contributed by atoms with Crippen molar-refractivity contribution in [2.24, 2.45) is 0 Å². The molecule has 9 rings (SSSR count). The van der Waals surface area contributed by atoms with E-state index in [4.69, 9.17) is 4.42 Å². The SMILES string of the molecule is c1ccc(-c2cccc3c2oc2c(-c4cc(-c5ccc(-c6ccncc6)cc5)cc(-c5ccc(-c6ccncc6)cc5)c4)cccc23)cc1. The smallest absolute Gasteiger partial charge is 0.143 e. The maximum atomic E-state index is 6.83. The number of nitrogens with zero attached hydrogens (tertiary/aromatic N) is 2. The van der Waals surface area contributed by atoms with Crippen LogP contribution in [-0.2, 0) is 0 Å². The molecule has 0 fully saturated rings. The molecule has 0 unspecified atom stereocenters. The van der Waals surface area contributed by atoms with Crippen LogP contribution in [0.1, 0.15) is 0 Å². The van der Waals surface area contributed by atoms with Crippen molar-refractivity contribution in [2.45, 2.75) is 0 Å². The van der Waals surface area contributed by atoms with Gasteiger partial charge in [0.25, 0.3) is 0 Å². The number of benzene rings is 6. The summed E-state index contributed by atoms with van der Waals surface area (Å²) in [5.41, 5.74) is 15.4. The average molecular weight is 627 g/mol. The second-order valence-electron chi connectivity index (χ2n) is 12.3. The Morgan fingerprint density at radius 2 is 0.673 bits per heavy atom. The van der Waals surface area contributed by atoms with Crippen LogP contribution in [0, 0.1) is 0 Å². The third kappa shape index (κ3) is 5.38. The van der Waals surface area contributed by atoms with Crippen LogP contribution in [0.25, 0.3) is 88.7 Å². The van der Waals surface area contributed by atoms with Crippen LogP contribution >= 0.6 is 0 Å². The maximum absolute atomic E-state index is 6.83. The number of fused-ring (bicyclic) bond motifs is 3. The lowest BCUT2D eigenvalue weighted by atomic mass is 9.91. The first-order chi connectivity index (χ1) is 24.3. The van der Waals surface area contributed by atoms with Crippen molar-refractivity contribution in [1.29, 1.82) is 0 Å². The van der Waals surface area contributed by atoms with Gasteiger partial charge in [0.2, 0.25) is 0 Å². The Labute approximate surface area is 284 Å². The zero-order valence-electron chi connectivity index (χ0n) is 26.6.